The zero-order valence-electron chi connectivity index (χ0n) is 17.0. The number of guanidine groups is 1. The maximum atomic E-state index is 14.6. The van der Waals surface area contributed by atoms with Crippen molar-refractivity contribution < 1.29 is 9.13 Å². The van der Waals surface area contributed by atoms with Crippen LogP contribution in [0.25, 0.3) is 0 Å². The molecular formula is C21H30FN5O. The van der Waals surface area contributed by atoms with Gasteiger partial charge in [-0.05, 0) is 36.8 Å². The number of rotatable bonds is 6. The minimum atomic E-state index is -0.197. The van der Waals surface area contributed by atoms with Gasteiger partial charge < -0.3 is 24.4 Å². The molecule has 152 valence electrons. The highest BCUT2D eigenvalue weighted by atomic mass is 19.1. The average molecular weight is 388 g/mol. The lowest BCUT2D eigenvalue weighted by atomic mass is 10.1. The zero-order chi connectivity index (χ0) is 19.9. The Labute approximate surface area is 166 Å². The van der Waals surface area contributed by atoms with Crippen LogP contribution in [0.15, 0.2) is 41.5 Å². The lowest BCUT2D eigenvalue weighted by molar-refractivity contribution is 0.122. The zero-order valence-corrected chi connectivity index (χ0v) is 17.0. The first-order chi connectivity index (χ1) is 13.6. The normalized spacial score (nSPS) is 15.0. The smallest absolute Gasteiger partial charge is 0.194 e. The number of aromatic nitrogens is 1. The van der Waals surface area contributed by atoms with E-state index >= 15 is 0 Å². The van der Waals surface area contributed by atoms with Gasteiger partial charge in [-0.3, -0.25) is 0 Å². The van der Waals surface area contributed by atoms with E-state index in [0.29, 0.717) is 25.4 Å². The van der Waals surface area contributed by atoms with Crippen LogP contribution in [0.5, 0.6) is 0 Å². The van der Waals surface area contributed by atoms with Crippen molar-refractivity contribution in [3.05, 3.63) is 53.6 Å². The first-order valence-corrected chi connectivity index (χ1v) is 9.79. The van der Waals surface area contributed by atoms with Gasteiger partial charge in [-0.15, -0.1) is 0 Å². The number of halogens is 1. The van der Waals surface area contributed by atoms with E-state index in [-0.39, 0.29) is 5.82 Å². The Morgan fingerprint density at radius 1 is 1.29 bits per heavy atom. The predicted octanol–water partition coefficient (Wildman–Crippen LogP) is 2.60. The van der Waals surface area contributed by atoms with Gasteiger partial charge in [0.2, 0.25) is 0 Å². The summed E-state index contributed by atoms with van der Waals surface area (Å²) in [5.74, 6) is 0.609. The predicted molar refractivity (Wildman–Crippen MR) is 111 cm³/mol. The van der Waals surface area contributed by atoms with E-state index < -0.39 is 0 Å². The molecule has 6 nitrogen and oxygen atoms in total. The fourth-order valence-electron chi connectivity index (χ4n) is 3.32. The molecule has 7 heteroatoms. The number of nitrogens with zero attached hydrogens (tertiary/aromatic N) is 4. The molecule has 0 amide bonds. The maximum absolute atomic E-state index is 14.6. The molecule has 28 heavy (non-hydrogen) atoms. The van der Waals surface area contributed by atoms with Crippen LogP contribution in [-0.4, -0.2) is 55.3 Å². The third kappa shape index (κ3) is 5.04. The number of aliphatic imine (C=N–C) groups is 1. The minimum Gasteiger partial charge on any atom is -0.378 e. The Balaban J connectivity index is 1.68. The number of ether oxygens (including phenoxy) is 1. The van der Waals surface area contributed by atoms with E-state index in [0.717, 1.165) is 37.7 Å². The van der Waals surface area contributed by atoms with Gasteiger partial charge in [-0.1, -0.05) is 6.07 Å². The second kappa shape index (κ2) is 9.59. The highest BCUT2D eigenvalue weighted by Gasteiger charge is 2.15. The van der Waals surface area contributed by atoms with E-state index in [2.05, 4.69) is 20.9 Å². The minimum absolute atomic E-state index is 0.197. The second-order valence-electron chi connectivity index (χ2n) is 7.02. The first kappa shape index (κ1) is 20.2. The molecule has 1 N–H and O–H groups in total. The quantitative estimate of drug-likeness (QED) is 0.611. The Kier molecular flexibility index (Phi) is 6.92. The molecule has 2 aromatic rings. The molecule has 0 radical (unpaired) electrons. The summed E-state index contributed by atoms with van der Waals surface area (Å²) in [4.78, 5) is 8.81. The molecule has 0 unspecified atom stereocenters. The number of hydrogen-bond acceptors (Lipinski definition) is 3. The molecule has 1 aromatic heterocycles. The van der Waals surface area contributed by atoms with Crippen LogP contribution in [0, 0.1) is 5.82 Å². The van der Waals surface area contributed by atoms with Crippen molar-refractivity contribution in [2.24, 2.45) is 12.0 Å². The van der Waals surface area contributed by atoms with Gasteiger partial charge in [0.1, 0.15) is 5.82 Å². The summed E-state index contributed by atoms with van der Waals surface area (Å²) in [5, 5.41) is 3.31. The maximum Gasteiger partial charge on any atom is 0.194 e. The number of nitrogens with one attached hydrogen (secondary N) is 1. The number of hydrogen-bond donors (Lipinski definition) is 1. The van der Waals surface area contributed by atoms with Gasteiger partial charge in [0, 0.05) is 45.6 Å². The summed E-state index contributed by atoms with van der Waals surface area (Å²) >= 11 is 0. The van der Waals surface area contributed by atoms with Crippen LogP contribution in [0.2, 0.25) is 0 Å². The molecule has 0 aliphatic carbocycles. The van der Waals surface area contributed by atoms with E-state index in [1.54, 1.807) is 6.07 Å². The van der Waals surface area contributed by atoms with Gasteiger partial charge in [0.05, 0.1) is 32.0 Å². The fraction of sp³-hybridized carbons (Fsp3) is 0.476. The second-order valence-corrected chi connectivity index (χ2v) is 7.02. The highest BCUT2D eigenvalue weighted by Crippen LogP contribution is 2.22. The van der Waals surface area contributed by atoms with Crippen LogP contribution < -0.4 is 10.2 Å². The summed E-state index contributed by atoms with van der Waals surface area (Å²) in [7, 11) is 4.04. The van der Waals surface area contributed by atoms with E-state index in [4.69, 9.17) is 9.73 Å². The van der Waals surface area contributed by atoms with Crippen molar-refractivity contribution in [3.63, 3.8) is 0 Å². The molecule has 0 spiro atoms. The first-order valence-electron chi connectivity index (χ1n) is 9.79. The molecule has 2 heterocycles. The van der Waals surface area contributed by atoms with Crippen LogP contribution >= 0.6 is 0 Å². The fourth-order valence-corrected chi connectivity index (χ4v) is 3.32. The van der Waals surface area contributed by atoms with Crippen molar-refractivity contribution in [1.82, 2.24) is 14.8 Å². The molecule has 1 aromatic carbocycles. The van der Waals surface area contributed by atoms with Gasteiger partial charge in [0.25, 0.3) is 0 Å². The van der Waals surface area contributed by atoms with Crippen molar-refractivity contribution >= 4 is 11.6 Å². The lowest BCUT2D eigenvalue weighted by Crippen LogP contribution is -2.38. The third-order valence-electron chi connectivity index (χ3n) is 4.92. The van der Waals surface area contributed by atoms with E-state index in [9.17, 15) is 4.39 Å². The molecule has 0 atom stereocenters. The Bertz CT molecular complexity index is 798. The number of aryl methyl sites for hydroxylation is 1. The standard InChI is InChI=1S/C21H30FN5O/c1-4-23-21(26(3)16-18-6-5-9-25(18)2)24-15-17-7-8-20(19(22)14-17)27-10-12-28-13-11-27/h5-9,14H,4,10-13,15-16H2,1-3H3,(H,23,24). The summed E-state index contributed by atoms with van der Waals surface area (Å²) in [5.41, 5.74) is 2.70. The molecule has 1 aliphatic rings. The average Bonchev–Trinajstić information content (AvgIpc) is 3.10. The van der Waals surface area contributed by atoms with Crippen LogP contribution in [0.3, 0.4) is 0 Å². The molecule has 0 saturated carbocycles. The van der Waals surface area contributed by atoms with Gasteiger partial charge >= 0.3 is 0 Å². The molecule has 3 rings (SSSR count). The van der Waals surface area contributed by atoms with Crippen LogP contribution in [0.1, 0.15) is 18.2 Å². The van der Waals surface area contributed by atoms with Crippen molar-refractivity contribution in [3.8, 4) is 0 Å². The molecule has 1 aliphatic heterocycles. The third-order valence-corrected chi connectivity index (χ3v) is 4.92. The molecular weight excluding hydrogens is 357 g/mol. The SMILES string of the molecule is CCNC(=NCc1ccc(N2CCOCC2)c(F)c1)N(C)Cc1cccn1C. The van der Waals surface area contributed by atoms with Gasteiger partial charge in [-0.2, -0.15) is 0 Å². The van der Waals surface area contributed by atoms with E-state index in [1.807, 2.05) is 50.3 Å². The number of anilines is 1. The highest BCUT2D eigenvalue weighted by molar-refractivity contribution is 5.79. The van der Waals surface area contributed by atoms with Crippen molar-refractivity contribution in [1.29, 1.82) is 0 Å². The summed E-state index contributed by atoms with van der Waals surface area (Å²) in [6, 6.07) is 9.53. The van der Waals surface area contributed by atoms with Crippen molar-refractivity contribution in [2.75, 3.05) is 44.8 Å². The monoisotopic (exact) mass is 387 g/mol. The van der Waals surface area contributed by atoms with Crippen LogP contribution in [0.4, 0.5) is 10.1 Å². The topological polar surface area (TPSA) is 45.0 Å². The lowest BCUT2D eigenvalue weighted by Gasteiger charge is -2.29. The van der Waals surface area contributed by atoms with Crippen LogP contribution in [-0.2, 0) is 24.9 Å². The van der Waals surface area contributed by atoms with Gasteiger partial charge in [-0.25, -0.2) is 9.38 Å². The molecule has 1 fully saturated rings. The van der Waals surface area contributed by atoms with Crippen molar-refractivity contribution in [2.45, 2.75) is 20.0 Å². The number of benzene rings is 1. The summed E-state index contributed by atoms with van der Waals surface area (Å²) in [6.07, 6.45) is 2.03. The Hall–Kier alpha value is -2.54. The Morgan fingerprint density at radius 2 is 2.07 bits per heavy atom. The summed E-state index contributed by atoms with van der Waals surface area (Å²) in [6.45, 7) is 6.74. The summed E-state index contributed by atoms with van der Waals surface area (Å²) < 4.78 is 22.0. The van der Waals surface area contributed by atoms with E-state index in [1.165, 1.54) is 5.69 Å². The van der Waals surface area contributed by atoms with Gasteiger partial charge in [0.15, 0.2) is 5.96 Å². The number of morpholine rings is 1. The largest absolute Gasteiger partial charge is 0.378 e. The molecule has 1 saturated heterocycles. The molecule has 0 bridgehead atoms. The Morgan fingerprint density at radius 3 is 2.71 bits per heavy atom.